The lowest BCUT2D eigenvalue weighted by molar-refractivity contribution is 0.271. The van der Waals surface area contributed by atoms with Crippen LogP contribution in [0.25, 0.3) is 0 Å². The van der Waals surface area contributed by atoms with E-state index in [1.165, 1.54) is 43.9 Å². The van der Waals surface area contributed by atoms with Gasteiger partial charge in [0.1, 0.15) is 0 Å². The predicted octanol–water partition coefficient (Wildman–Crippen LogP) is 3.42. The third-order valence-electron chi connectivity index (χ3n) is 4.17. The Morgan fingerprint density at radius 1 is 1.38 bits per heavy atom. The molecular weight excluding hydrogens is 308 g/mol. The fraction of sp³-hybridized carbons (Fsp3) is 0.600. The highest BCUT2D eigenvalue weighted by molar-refractivity contribution is 7.89. The molecule has 2 rings (SSSR count). The first-order valence-electron chi connectivity index (χ1n) is 7.43. The molecule has 0 heterocycles. The fourth-order valence-electron chi connectivity index (χ4n) is 2.98. The molecule has 4 nitrogen and oxygen atoms in total. The van der Waals surface area contributed by atoms with Crippen LogP contribution < -0.4 is 10.5 Å². The van der Waals surface area contributed by atoms with Crippen LogP contribution in [0.5, 0.6) is 0 Å². The highest BCUT2D eigenvalue weighted by atomic mass is 35.5. The third kappa shape index (κ3) is 4.59. The summed E-state index contributed by atoms with van der Waals surface area (Å²) in [5.74, 6) is 1.39. The van der Waals surface area contributed by atoms with Gasteiger partial charge in [0.2, 0.25) is 10.0 Å². The Balaban J connectivity index is 1.90. The van der Waals surface area contributed by atoms with Gasteiger partial charge >= 0.3 is 0 Å². The van der Waals surface area contributed by atoms with Crippen molar-refractivity contribution in [1.29, 1.82) is 0 Å². The molecule has 2 unspecified atom stereocenters. The van der Waals surface area contributed by atoms with Crippen molar-refractivity contribution in [1.82, 2.24) is 4.72 Å². The van der Waals surface area contributed by atoms with Crippen LogP contribution in [0.15, 0.2) is 23.1 Å². The van der Waals surface area contributed by atoms with Crippen molar-refractivity contribution >= 4 is 27.3 Å². The van der Waals surface area contributed by atoms with Crippen LogP contribution in [0.3, 0.4) is 0 Å². The maximum Gasteiger partial charge on any atom is 0.240 e. The molecule has 0 aliphatic heterocycles. The molecule has 3 N–H and O–H groups in total. The van der Waals surface area contributed by atoms with Gasteiger partial charge in [-0.3, -0.25) is 0 Å². The van der Waals surface area contributed by atoms with Gasteiger partial charge in [-0.15, -0.1) is 0 Å². The van der Waals surface area contributed by atoms with Crippen molar-refractivity contribution in [2.45, 2.75) is 43.9 Å². The largest absolute Gasteiger partial charge is 0.398 e. The number of nitrogens with one attached hydrogen (secondary N) is 1. The maximum atomic E-state index is 12.2. The number of benzene rings is 1. The lowest BCUT2D eigenvalue weighted by Crippen LogP contribution is -2.27. The van der Waals surface area contributed by atoms with E-state index in [4.69, 9.17) is 17.3 Å². The lowest BCUT2D eigenvalue weighted by atomic mass is 9.81. The lowest BCUT2D eigenvalue weighted by Gasteiger charge is -2.26. The highest BCUT2D eigenvalue weighted by Crippen LogP contribution is 2.30. The minimum Gasteiger partial charge on any atom is -0.398 e. The minimum atomic E-state index is -3.50. The quantitative estimate of drug-likeness (QED) is 0.812. The zero-order chi connectivity index (χ0) is 15.5. The van der Waals surface area contributed by atoms with E-state index in [-0.39, 0.29) is 9.92 Å². The summed E-state index contributed by atoms with van der Waals surface area (Å²) in [5, 5.41) is 0.263. The van der Waals surface area contributed by atoms with E-state index in [0.717, 1.165) is 12.3 Å². The number of anilines is 1. The molecule has 2 atom stereocenters. The van der Waals surface area contributed by atoms with Crippen LogP contribution in [-0.2, 0) is 10.0 Å². The van der Waals surface area contributed by atoms with Crippen LogP contribution >= 0.6 is 11.6 Å². The molecule has 1 aliphatic rings. The maximum absolute atomic E-state index is 12.2. The van der Waals surface area contributed by atoms with E-state index >= 15 is 0 Å². The Labute approximate surface area is 132 Å². The predicted molar refractivity (Wildman–Crippen MR) is 86.8 cm³/mol. The molecule has 6 heteroatoms. The summed E-state index contributed by atoms with van der Waals surface area (Å²) < 4.78 is 27.0. The van der Waals surface area contributed by atoms with Crippen LogP contribution in [-0.4, -0.2) is 15.0 Å². The zero-order valence-electron chi connectivity index (χ0n) is 12.3. The van der Waals surface area contributed by atoms with E-state index in [9.17, 15) is 8.42 Å². The van der Waals surface area contributed by atoms with Gasteiger partial charge in [-0.25, -0.2) is 13.1 Å². The number of nitrogen functional groups attached to an aromatic ring is 1. The summed E-state index contributed by atoms with van der Waals surface area (Å²) in [6.45, 7) is 2.74. The van der Waals surface area contributed by atoms with Crippen molar-refractivity contribution in [3.8, 4) is 0 Å². The Bertz CT molecular complexity index is 589. The van der Waals surface area contributed by atoms with E-state index in [1.807, 2.05) is 0 Å². The van der Waals surface area contributed by atoms with Crippen molar-refractivity contribution in [2.24, 2.45) is 11.8 Å². The summed E-state index contributed by atoms with van der Waals surface area (Å²) in [7, 11) is -3.50. The highest BCUT2D eigenvalue weighted by Gasteiger charge is 2.20. The fourth-order valence-corrected chi connectivity index (χ4v) is 4.30. The second kappa shape index (κ2) is 6.99. The Kier molecular flexibility index (Phi) is 5.52. The first-order chi connectivity index (χ1) is 9.88. The second-order valence-electron chi connectivity index (χ2n) is 6.01. The second-order valence-corrected chi connectivity index (χ2v) is 8.18. The van der Waals surface area contributed by atoms with E-state index in [1.54, 1.807) is 0 Å². The van der Waals surface area contributed by atoms with Crippen molar-refractivity contribution < 1.29 is 8.42 Å². The number of rotatable bonds is 5. The van der Waals surface area contributed by atoms with Crippen LogP contribution in [0.4, 0.5) is 5.69 Å². The van der Waals surface area contributed by atoms with Crippen LogP contribution in [0.1, 0.15) is 39.0 Å². The molecule has 1 saturated carbocycles. The average Bonchev–Trinajstić information content (AvgIpc) is 2.41. The van der Waals surface area contributed by atoms with Crippen molar-refractivity contribution in [2.75, 3.05) is 12.3 Å². The third-order valence-corrected chi connectivity index (χ3v) is 5.96. The van der Waals surface area contributed by atoms with Gasteiger partial charge < -0.3 is 5.73 Å². The Morgan fingerprint density at radius 3 is 2.81 bits per heavy atom. The standard InChI is InChI=1S/C15H23ClN2O2S/c1-11-3-2-4-12(9-11)7-8-18-21(19,20)13-5-6-15(17)14(16)10-13/h5-6,10-12,18H,2-4,7-9,17H2,1H3. The molecular formula is C15H23ClN2O2S. The Hall–Kier alpha value is -0.780. The zero-order valence-corrected chi connectivity index (χ0v) is 13.9. The number of nitrogens with two attached hydrogens (primary N) is 1. The molecule has 0 radical (unpaired) electrons. The summed E-state index contributed by atoms with van der Waals surface area (Å²) in [4.78, 5) is 0.165. The first-order valence-corrected chi connectivity index (χ1v) is 9.29. The van der Waals surface area contributed by atoms with Gasteiger partial charge in [-0.05, 0) is 42.9 Å². The van der Waals surface area contributed by atoms with Gasteiger partial charge in [0.15, 0.2) is 0 Å². The molecule has 0 amide bonds. The monoisotopic (exact) mass is 330 g/mol. The normalized spacial score (nSPS) is 23.1. The summed E-state index contributed by atoms with van der Waals surface area (Å²) in [5.41, 5.74) is 5.98. The smallest absolute Gasteiger partial charge is 0.240 e. The molecule has 1 aliphatic carbocycles. The van der Waals surface area contributed by atoms with Crippen LogP contribution in [0.2, 0.25) is 5.02 Å². The van der Waals surface area contributed by atoms with Gasteiger partial charge in [0, 0.05) is 6.54 Å². The summed E-state index contributed by atoms with van der Waals surface area (Å²) in [6, 6.07) is 4.38. The topological polar surface area (TPSA) is 72.2 Å². The first kappa shape index (κ1) is 16.6. The van der Waals surface area contributed by atoms with E-state index in [0.29, 0.717) is 18.2 Å². The molecule has 118 valence electrons. The molecule has 21 heavy (non-hydrogen) atoms. The minimum absolute atomic E-state index is 0.165. The van der Waals surface area contributed by atoms with Crippen molar-refractivity contribution in [3.63, 3.8) is 0 Å². The Morgan fingerprint density at radius 2 is 2.14 bits per heavy atom. The van der Waals surface area contributed by atoms with E-state index in [2.05, 4.69) is 11.6 Å². The van der Waals surface area contributed by atoms with Crippen LogP contribution in [0, 0.1) is 11.8 Å². The summed E-state index contributed by atoms with van der Waals surface area (Å²) in [6.07, 6.45) is 5.86. The SMILES string of the molecule is CC1CCCC(CCNS(=O)(=O)c2ccc(N)c(Cl)c2)C1. The van der Waals surface area contributed by atoms with Gasteiger partial charge in [-0.2, -0.15) is 0 Å². The molecule has 0 bridgehead atoms. The molecule has 0 aromatic heterocycles. The number of halogens is 1. The molecule has 0 saturated heterocycles. The number of sulfonamides is 1. The van der Waals surface area contributed by atoms with Gasteiger partial charge in [0.05, 0.1) is 15.6 Å². The van der Waals surface area contributed by atoms with Crippen molar-refractivity contribution in [3.05, 3.63) is 23.2 Å². The average molecular weight is 331 g/mol. The van der Waals surface area contributed by atoms with Gasteiger partial charge in [-0.1, -0.05) is 37.8 Å². The molecule has 1 aromatic rings. The molecule has 0 spiro atoms. The molecule has 1 aromatic carbocycles. The number of hydrogen-bond donors (Lipinski definition) is 2. The van der Waals surface area contributed by atoms with Gasteiger partial charge in [0.25, 0.3) is 0 Å². The van der Waals surface area contributed by atoms with E-state index < -0.39 is 10.0 Å². The summed E-state index contributed by atoms with van der Waals surface area (Å²) >= 11 is 5.87. The molecule has 1 fully saturated rings. The number of hydrogen-bond acceptors (Lipinski definition) is 3.